The average molecular weight is 197 g/mol. The number of hydrogen-bond acceptors (Lipinski definition) is 2. The molecular formula is C12H23NO. The van der Waals surface area contributed by atoms with Crippen molar-refractivity contribution in [2.45, 2.75) is 52.5 Å². The molecule has 14 heavy (non-hydrogen) atoms. The van der Waals surface area contributed by atoms with Gasteiger partial charge in [0.2, 0.25) is 0 Å². The number of ketones is 1. The molecule has 0 aliphatic heterocycles. The summed E-state index contributed by atoms with van der Waals surface area (Å²) >= 11 is 0. The van der Waals surface area contributed by atoms with Crippen molar-refractivity contribution in [1.82, 2.24) is 5.32 Å². The quantitative estimate of drug-likeness (QED) is 0.752. The third-order valence-corrected chi connectivity index (χ3v) is 3.04. The number of Topliss-reactive ketones (excluding diaryl/α,β-unsaturated/α-hetero) is 1. The summed E-state index contributed by atoms with van der Waals surface area (Å²) in [7, 11) is 0. The van der Waals surface area contributed by atoms with Crippen molar-refractivity contribution in [2.75, 3.05) is 6.54 Å². The summed E-state index contributed by atoms with van der Waals surface area (Å²) in [5.74, 6) is 1.44. The first kappa shape index (κ1) is 11.7. The second-order valence-electron chi connectivity index (χ2n) is 5.62. The maximum Gasteiger partial charge on any atom is 0.132 e. The minimum Gasteiger partial charge on any atom is -0.312 e. The van der Waals surface area contributed by atoms with Gasteiger partial charge in [0.1, 0.15) is 5.78 Å². The van der Waals surface area contributed by atoms with E-state index in [1.807, 2.05) is 0 Å². The minimum absolute atomic E-state index is 0.203. The van der Waals surface area contributed by atoms with Gasteiger partial charge in [0.15, 0.2) is 0 Å². The third-order valence-electron chi connectivity index (χ3n) is 3.04. The first-order valence-corrected chi connectivity index (χ1v) is 5.64. The van der Waals surface area contributed by atoms with E-state index in [9.17, 15) is 4.79 Å². The molecule has 2 atom stereocenters. The second-order valence-corrected chi connectivity index (χ2v) is 5.62. The molecule has 0 radical (unpaired) electrons. The van der Waals surface area contributed by atoms with Gasteiger partial charge in [-0.05, 0) is 59.4 Å². The van der Waals surface area contributed by atoms with Crippen LogP contribution in [0.2, 0.25) is 0 Å². The summed E-state index contributed by atoms with van der Waals surface area (Å²) in [4.78, 5) is 11.2. The molecule has 2 nitrogen and oxygen atoms in total. The Morgan fingerprint density at radius 1 is 1.36 bits per heavy atom. The van der Waals surface area contributed by atoms with E-state index < -0.39 is 0 Å². The molecule has 0 heterocycles. The van der Waals surface area contributed by atoms with Crippen LogP contribution in [-0.4, -0.2) is 17.9 Å². The highest BCUT2D eigenvalue weighted by atomic mass is 16.1. The van der Waals surface area contributed by atoms with Crippen LogP contribution in [0.3, 0.4) is 0 Å². The Bertz CT molecular complexity index is 205. The summed E-state index contributed by atoms with van der Waals surface area (Å²) < 4.78 is 0. The normalized spacial score (nSPS) is 28.0. The molecule has 1 N–H and O–H groups in total. The average Bonchev–Trinajstić information content (AvgIpc) is 2.47. The van der Waals surface area contributed by atoms with Gasteiger partial charge in [-0.15, -0.1) is 0 Å². The van der Waals surface area contributed by atoms with Crippen LogP contribution in [0.1, 0.15) is 47.0 Å². The van der Waals surface area contributed by atoms with Crippen LogP contribution in [0, 0.1) is 11.8 Å². The van der Waals surface area contributed by atoms with Crippen molar-refractivity contribution in [2.24, 2.45) is 11.8 Å². The van der Waals surface area contributed by atoms with Crippen LogP contribution >= 0.6 is 0 Å². The molecule has 0 aromatic carbocycles. The van der Waals surface area contributed by atoms with Gasteiger partial charge in [0, 0.05) is 11.5 Å². The fraction of sp³-hybridized carbons (Fsp3) is 0.917. The van der Waals surface area contributed by atoms with Crippen molar-refractivity contribution in [3.05, 3.63) is 0 Å². The molecule has 1 aliphatic rings. The van der Waals surface area contributed by atoms with E-state index in [1.165, 1.54) is 6.42 Å². The largest absolute Gasteiger partial charge is 0.312 e. The van der Waals surface area contributed by atoms with Gasteiger partial charge >= 0.3 is 0 Å². The molecule has 1 fully saturated rings. The highest BCUT2D eigenvalue weighted by Crippen LogP contribution is 2.31. The number of hydrogen-bond donors (Lipinski definition) is 1. The lowest BCUT2D eigenvalue weighted by molar-refractivity contribution is -0.120. The summed E-state index contributed by atoms with van der Waals surface area (Å²) in [6.07, 6.45) is 3.41. The SMILES string of the molecule is CC(=O)C1CCC(CNC(C)(C)C)C1. The Labute approximate surface area is 87.5 Å². The van der Waals surface area contributed by atoms with Crippen molar-refractivity contribution in [3.63, 3.8) is 0 Å². The molecule has 2 unspecified atom stereocenters. The maximum atomic E-state index is 11.2. The van der Waals surface area contributed by atoms with Gasteiger partial charge in [-0.2, -0.15) is 0 Å². The zero-order chi connectivity index (χ0) is 10.8. The number of carbonyl (C=O) groups excluding carboxylic acids is 1. The second kappa shape index (κ2) is 4.43. The maximum absolute atomic E-state index is 11.2. The molecule has 0 aromatic heterocycles. The monoisotopic (exact) mass is 197 g/mol. The van der Waals surface area contributed by atoms with Gasteiger partial charge in [-0.1, -0.05) is 0 Å². The number of nitrogens with one attached hydrogen (secondary N) is 1. The first-order chi connectivity index (χ1) is 6.38. The summed E-state index contributed by atoms with van der Waals surface area (Å²) in [6.45, 7) is 9.34. The summed E-state index contributed by atoms with van der Waals surface area (Å²) in [5, 5.41) is 3.51. The van der Waals surface area contributed by atoms with E-state index in [0.29, 0.717) is 17.6 Å². The van der Waals surface area contributed by atoms with Crippen molar-refractivity contribution in [3.8, 4) is 0 Å². The van der Waals surface area contributed by atoms with Crippen LogP contribution in [0.4, 0.5) is 0 Å². The zero-order valence-electron chi connectivity index (χ0n) is 9.89. The zero-order valence-corrected chi connectivity index (χ0v) is 9.89. The predicted molar refractivity (Wildman–Crippen MR) is 59.3 cm³/mol. The van der Waals surface area contributed by atoms with E-state index in [0.717, 1.165) is 19.4 Å². The molecule has 0 spiro atoms. The van der Waals surface area contributed by atoms with E-state index in [4.69, 9.17) is 0 Å². The van der Waals surface area contributed by atoms with Crippen molar-refractivity contribution < 1.29 is 4.79 Å². The molecule has 1 aliphatic carbocycles. The molecule has 0 saturated heterocycles. The molecule has 0 bridgehead atoms. The fourth-order valence-electron chi connectivity index (χ4n) is 2.08. The van der Waals surface area contributed by atoms with Crippen LogP contribution < -0.4 is 5.32 Å². The molecule has 82 valence electrons. The standard InChI is InChI=1S/C12H23NO/c1-9(14)11-6-5-10(7-11)8-13-12(2,3)4/h10-11,13H,5-8H2,1-4H3. The lowest BCUT2D eigenvalue weighted by atomic mass is 10.0. The molecule has 0 amide bonds. The van der Waals surface area contributed by atoms with Crippen molar-refractivity contribution in [1.29, 1.82) is 0 Å². The Kier molecular flexibility index (Phi) is 3.71. The molecule has 0 aromatic rings. The third kappa shape index (κ3) is 3.79. The van der Waals surface area contributed by atoms with Crippen molar-refractivity contribution >= 4 is 5.78 Å². The van der Waals surface area contributed by atoms with Crippen LogP contribution in [-0.2, 0) is 4.79 Å². The smallest absolute Gasteiger partial charge is 0.132 e. The Morgan fingerprint density at radius 2 is 2.00 bits per heavy atom. The van der Waals surface area contributed by atoms with Gasteiger partial charge in [-0.3, -0.25) is 4.79 Å². The molecule has 1 rings (SSSR count). The number of carbonyl (C=O) groups is 1. The van der Waals surface area contributed by atoms with E-state index in [1.54, 1.807) is 6.92 Å². The first-order valence-electron chi connectivity index (χ1n) is 5.64. The van der Waals surface area contributed by atoms with Gasteiger partial charge in [-0.25, -0.2) is 0 Å². The predicted octanol–water partition coefficient (Wildman–Crippen LogP) is 2.38. The van der Waals surface area contributed by atoms with Gasteiger partial charge < -0.3 is 5.32 Å². The van der Waals surface area contributed by atoms with E-state index >= 15 is 0 Å². The van der Waals surface area contributed by atoms with Crippen LogP contribution in [0.25, 0.3) is 0 Å². The molecular weight excluding hydrogens is 174 g/mol. The number of rotatable bonds is 3. The lowest BCUT2D eigenvalue weighted by Crippen LogP contribution is -2.38. The Morgan fingerprint density at radius 3 is 2.43 bits per heavy atom. The van der Waals surface area contributed by atoms with E-state index in [-0.39, 0.29) is 5.54 Å². The molecule has 1 saturated carbocycles. The fourth-order valence-corrected chi connectivity index (χ4v) is 2.08. The topological polar surface area (TPSA) is 29.1 Å². The molecule has 2 heteroatoms. The van der Waals surface area contributed by atoms with Crippen LogP contribution in [0.15, 0.2) is 0 Å². The summed E-state index contributed by atoms with van der Waals surface area (Å²) in [6, 6.07) is 0. The van der Waals surface area contributed by atoms with E-state index in [2.05, 4.69) is 26.1 Å². The highest BCUT2D eigenvalue weighted by molar-refractivity contribution is 5.78. The van der Waals surface area contributed by atoms with Gasteiger partial charge in [0.25, 0.3) is 0 Å². The Balaban J connectivity index is 2.26. The van der Waals surface area contributed by atoms with Crippen LogP contribution in [0.5, 0.6) is 0 Å². The van der Waals surface area contributed by atoms with Gasteiger partial charge in [0.05, 0.1) is 0 Å². The Hall–Kier alpha value is -0.370. The lowest BCUT2D eigenvalue weighted by Gasteiger charge is -2.23. The summed E-state index contributed by atoms with van der Waals surface area (Å²) in [5.41, 5.74) is 0.203. The highest BCUT2D eigenvalue weighted by Gasteiger charge is 2.27. The minimum atomic E-state index is 0.203.